The molecule has 0 heterocycles. The number of rotatable bonds is 9. The van der Waals surface area contributed by atoms with Crippen molar-refractivity contribution in [2.45, 2.75) is 20.8 Å². The van der Waals surface area contributed by atoms with Gasteiger partial charge in [0.2, 0.25) is 11.5 Å². The van der Waals surface area contributed by atoms with Crippen LogP contribution in [-0.2, 0) is 0 Å². The summed E-state index contributed by atoms with van der Waals surface area (Å²) in [4.78, 5) is 64.4. The molecule has 12 nitrogen and oxygen atoms in total. The quantitative estimate of drug-likeness (QED) is 0.336. The molecule has 0 saturated carbocycles. The molecule has 0 saturated heterocycles. The maximum absolute atomic E-state index is 10.8. The van der Waals surface area contributed by atoms with E-state index in [1.807, 2.05) is 0 Å². The van der Waals surface area contributed by atoms with Gasteiger partial charge in [-0.15, -0.1) is 0 Å². The van der Waals surface area contributed by atoms with Crippen molar-refractivity contribution in [2.75, 3.05) is 56.9 Å². The molecule has 0 aliphatic heterocycles. The van der Waals surface area contributed by atoms with E-state index in [9.17, 15) is 28.8 Å². The van der Waals surface area contributed by atoms with Crippen molar-refractivity contribution < 1.29 is 14.2 Å². The average molecular weight is 465 g/mol. The van der Waals surface area contributed by atoms with Crippen LogP contribution in [0.1, 0.15) is 20.8 Å². The van der Waals surface area contributed by atoms with Crippen molar-refractivity contribution in [2.24, 2.45) is 0 Å². The molecule has 3 rings (SSSR count). The first-order valence-corrected chi connectivity index (χ1v) is 10.1. The lowest BCUT2D eigenvalue weighted by Gasteiger charge is -2.10. The number of ether oxygens (including phenoxy) is 3. The molecule has 33 heavy (non-hydrogen) atoms. The minimum atomic E-state index is -0.583. The van der Waals surface area contributed by atoms with Crippen LogP contribution in [0.3, 0.4) is 0 Å². The third-order valence-electron chi connectivity index (χ3n) is 4.22. The van der Waals surface area contributed by atoms with Crippen LogP contribution in [-0.4, -0.2) is 41.0 Å². The Balaban J connectivity index is 0.000000249. The van der Waals surface area contributed by atoms with Crippen LogP contribution in [0.15, 0.2) is 28.8 Å². The summed E-state index contributed by atoms with van der Waals surface area (Å²) >= 11 is 0. The van der Waals surface area contributed by atoms with E-state index in [4.69, 9.17) is 14.2 Å². The van der Waals surface area contributed by atoms with E-state index in [2.05, 4.69) is 16.0 Å². The van der Waals surface area contributed by atoms with E-state index in [-0.39, 0.29) is 22.9 Å². The van der Waals surface area contributed by atoms with Gasteiger partial charge in [0.05, 0.1) is 19.8 Å². The Morgan fingerprint density at radius 1 is 0.455 bits per heavy atom. The van der Waals surface area contributed by atoms with Crippen molar-refractivity contribution in [1.82, 2.24) is 0 Å². The largest absolute Gasteiger partial charge is 0.488 e. The first kappa shape index (κ1) is 27.1. The van der Waals surface area contributed by atoms with Gasteiger partial charge in [0.25, 0.3) is 32.6 Å². The van der Waals surface area contributed by atoms with E-state index < -0.39 is 32.6 Å². The zero-order valence-electron chi connectivity index (χ0n) is 19.3. The second-order valence-electron chi connectivity index (χ2n) is 6.14. The van der Waals surface area contributed by atoms with Crippen LogP contribution < -0.4 is 62.7 Å². The molecule has 0 aromatic heterocycles. The van der Waals surface area contributed by atoms with Crippen LogP contribution in [0.4, 0.5) is 17.1 Å². The van der Waals surface area contributed by atoms with Gasteiger partial charge in [0, 0.05) is 21.1 Å². The first-order valence-electron chi connectivity index (χ1n) is 10.1. The lowest BCUT2D eigenvalue weighted by Crippen LogP contribution is -2.35. The molecule has 0 amide bonds. The SMILES string of the molecule is CCOc1c(NC)c(=O)c1=O.CCOc1c(OCC)c(=O)c1=O.CNc1c(NC)c(=O)c1=O. The van der Waals surface area contributed by atoms with Crippen molar-refractivity contribution in [3.8, 4) is 17.2 Å². The van der Waals surface area contributed by atoms with E-state index in [1.54, 1.807) is 41.9 Å². The Morgan fingerprint density at radius 3 is 1.03 bits per heavy atom. The fourth-order valence-corrected chi connectivity index (χ4v) is 2.65. The lowest BCUT2D eigenvalue weighted by molar-refractivity contribution is 0.274. The maximum atomic E-state index is 10.8. The zero-order valence-corrected chi connectivity index (χ0v) is 19.3. The summed E-state index contributed by atoms with van der Waals surface area (Å²) in [5.41, 5.74) is -2.01. The summed E-state index contributed by atoms with van der Waals surface area (Å²) < 4.78 is 14.7. The standard InChI is InChI=1S/C8H10O4.C7H9NO3.C6H8N2O2/c1-3-11-7-5(9)6(10)8(7)12-4-2;1-3-11-7-4(8-2)5(9)6(7)10;1-7-3-4(8-2)6(10)5(3)9/h3-4H2,1-2H3;8H,3H2,1-2H3;7-8H,1-2H3. The van der Waals surface area contributed by atoms with Gasteiger partial charge in [-0.1, -0.05) is 0 Å². The summed E-state index contributed by atoms with van der Waals surface area (Å²) in [6.45, 7) is 6.38. The van der Waals surface area contributed by atoms with Gasteiger partial charge >= 0.3 is 0 Å². The summed E-state index contributed by atoms with van der Waals surface area (Å²) in [5.74, 6) is 0.314. The van der Waals surface area contributed by atoms with Crippen LogP contribution in [0, 0.1) is 0 Å². The Bertz CT molecular complexity index is 1220. The minimum absolute atomic E-state index is 0.0735. The number of nitrogens with one attached hydrogen (secondary N) is 3. The Labute approximate surface area is 188 Å². The fraction of sp³-hybridized carbons (Fsp3) is 0.429. The predicted molar refractivity (Wildman–Crippen MR) is 126 cm³/mol. The van der Waals surface area contributed by atoms with Gasteiger partial charge in [-0.3, -0.25) is 28.8 Å². The topological polar surface area (TPSA) is 166 Å². The second-order valence-corrected chi connectivity index (χ2v) is 6.14. The smallest absolute Gasteiger partial charge is 0.275 e. The third kappa shape index (κ3) is 5.45. The fourth-order valence-electron chi connectivity index (χ4n) is 2.65. The molecule has 12 heteroatoms. The molecule has 3 aromatic carbocycles. The van der Waals surface area contributed by atoms with Gasteiger partial charge < -0.3 is 30.2 Å². The predicted octanol–water partition coefficient (Wildman–Crippen LogP) is -0.831. The zero-order chi connectivity index (χ0) is 25.3. The minimum Gasteiger partial charge on any atom is -0.488 e. The van der Waals surface area contributed by atoms with Crippen LogP contribution in [0.5, 0.6) is 17.2 Å². The van der Waals surface area contributed by atoms with Gasteiger partial charge in [-0.2, -0.15) is 0 Å². The monoisotopic (exact) mass is 465 g/mol. The summed E-state index contributed by atoms with van der Waals surface area (Å²) in [7, 11) is 4.80. The molecular weight excluding hydrogens is 438 g/mol. The number of anilines is 3. The Hall–Kier alpha value is -3.96. The van der Waals surface area contributed by atoms with Gasteiger partial charge in [-0.25, -0.2) is 0 Å². The molecule has 0 aliphatic carbocycles. The summed E-state index contributed by atoms with van der Waals surface area (Å²) in [6, 6.07) is 0. The molecule has 0 radical (unpaired) electrons. The molecule has 0 bridgehead atoms. The summed E-state index contributed by atoms with van der Waals surface area (Å²) in [6.07, 6.45) is 0. The molecule has 3 N–H and O–H groups in total. The molecule has 0 aliphatic rings. The molecular formula is C21H27N3O9. The van der Waals surface area contributed by atoms with Crippen LogP contribution in [0.2, 0.25) is 0 Å². The van der Waals surface area contributed by atoms with Crippen LogP contribution in [0.25, 0.3) is 0 Å². The van der Waals surface area contributed by atoms with Gasteiger partial charge in [-0.05, 0) is 20.8 Å². The second kappa shape index (κ2) is 12.2. The van der Waals surface area contributed by atoms with E-state index in [0.717, 1.165) is 0 Å². The van der Waals surface area contributed by atoms with Crippen molar-refractivity contribution >= 4 is 17.1 Å². The molecule has 0 fully saturated rings. The molecule has 0 atom stereocenters. The highest BCUT2D eigenvalue weighted by Crippen LogP contribution is 2.19. The highest BCUT2D eigenvalue weighted by Gasteiger charge is 2.23. The normalized spacial score (nSPS) is 10.0. The number of hydrogen-bond acceptors (Lipinski definition) is 12. The lowest BCUT2D eigenvalue weighted by atomic mass is 10.2. The molecule has 0 spiro atoms. The molecule has 180 valence electrons. The van der Waals surface area contributed by atoms with E-state index >= 15 is 0 Å². The van der Waals surface area contributed by atoms with Crippen LogP contribution >= 0.6 is 0 Å². The third-order valence-corrected chi connectivity index (χ3v) is 4.22. The molecule has 3 aromatic rings. The first-order chi connectivity index (χ1) is 15.7. The Morgan fingerprint density at radius 2 is 0.727 bits per heavy atom. The van der Waals surface area contributed by atoms with E-state index in [1.165, 1.54) is 0 Å². The van der Waals surface area contributed by atoms with E-state index in [0.29, 0.717) is 31.2 Å². The van der Waals surface area contributed by atoms with Gasteiger partial charge in [0.15, 0.2) is 5.75 Å². The average Bonchev–Trinajstić information content (AvgIpc) is 2.83. The van der Waals surface area contributed by atoms with Crippen molar-refractivity contribution in [1.29, 1.82) is 0 Å². The highest BCUT2D eigenvalue weighted by atomic mass is 16.5. The highest BCUT2D eigenvalue weighted by molar-refractivity contribution is 5.73. The molecule has 0 unspecified atom stereocenters. The summed E-state index contributed by atoms with van der Waals surface area (Å²) in [5, 5.41) is 7.86. The maximum Gasteiger partial charge on any atom is 0.275 e. The van der Waals surface area contributed by atoms with Crippen molar-refractivity contribution in [3.63, 3.8) is 0 Å². The number of hydrogen-bond donors (Lipinski definition) is 3. The van der Waals surface area contributed by atoms with Gasteiger partial charge in [0.1, 0.15) is 17.1 Å². The van der Waals surface area contributed by atoms with Crippen molar-refractivity contribution in [3.05, 3.63) is 61.3 Å². The Kier molecular flexibility index (Phi) is 9.99.